The van der Waals surface area contributed by atoms with Gasteiger partial charge >= 0.3 is 0 Å². The molecular weight excluding hydrogens is 226 g/mol. The molecule has 1 heterocycles. The zero-order valence-electron chi connectivity index (χ0n) is 11.0. The number of carbonyl (C=O) groups excluding carboxylic acids is 1. The number of aromatic amines is 1. The molecule has 98 valence electrons. The van der Waals surface area contributed by atoms with Gasteiger partial charge in [-0.2, -0.15) is 0 Å². The topological polar surface area (TPSA) is 71.8 Å². The molecular formula is C14H21N3O. The van der Waals surface area contributed by atoms with Crippen molar-refractivity contribution in [3.05, 3.63) is 17.7 Å². The molecule has 0 aliphatic heterocycles. The lowest BCUT2D eigenvalue weighted by Gasteiger charge is -1.96. The monoisotopic (exact) mass is 247 g/mol. The lowest BCUT2D eigenvalue weighted by molar-refractivity contribution is 0.0996. The molecule has 0 saturated heterocycles. The van der Waals surface area contributed by atoms with Crippen LogP contribution in [0.4, 0.5) is 0 Å². The first kappa shape index (κ1) is 14.3. The molecule has 18 heavy (non-hydrogen) atoms. The van der Waals surface area contributed by atoms with Crippen LogP contribution in [0.15, 0.2) is 6.33 Å². The predicted octanol–water partition coefficient (Wildman–Crippen LogP) is 2.61. The van der Waals surface area contributed by atoms with E-state index in [9.17, 15) is 4.79 Å². The first-order chi connectivity index (χ1) is 8.75. The van der Waals surface area contributed by atoms with E-state index in [-0.39, 0.29) is 5.69 Å². The maximum Gasteiger partial charge on any atom is 0.270 e. The number of imidazole rings is 1. The molecule has 0 bridgehead atoms. The van der Waals surface area contributed by atoms with Crippen LogP contribution in [-0.4, -0.2) is 15.9 Å². The molecule has 1 rings (SSSR count). The summed E-state index contributed by atoms with van der Waals surface area (Å²) in [6, 6.07) is 0. The fourth-order valence-corrected chi connectivity index (χ4v) is 1.72. The molecule has 0 atom stereocenters. The average molecular weight is 247 g/mol. The Balaban J connectivity index is 2.25. The number of nitrogens with one attached hydrogen (secondary N) is 1. The molecule has 0 fully saturated rings. The summed E-state index contributed by atoms with van der Waals surface area (Å²) in [7, 11) is 0. The molecule has 0 aromatic carbocycles. The van der Waals surface area contributed by atoms with E-state index in [2.05, 4.69) is 28.7 Å². The molecule has 3 N–H and O–H groups in total. The van der Waals surface area contributed by atoms with E-state index in [1.807, 2.05) is 0 Å². The fraction of sp³-hybridized carbons (Fsp3) is 0.571. The van der Waals surface area contributed by atoms with Gasteiger partial charge in [-0.15, -0.1) is 0 Å². The molecule has 0 saturated carbocycles. The van der Waals surface area contributed by atoms with Crippen LogP contribution < -0.4 is 5.73 Å². The van der Waals surface area contributed by atoms with Crippen LogP contribution in [0.2, 0.25) is 0 Å². The maximum absolute atomic E-state index is 11.0. The number of primary amides is 1. The van der Waals surface area contributed by atoms with Gasteiger partial charge < -0.3 is 10.7 Å². The minimum atomic E-state index is -0.542. The normalized spacial score (nSPS) is 9.83. The lowest BCUT2D eigenvalue weighted by Crippen LogP contribution is -2.12. The van der Waals surface area contributed by atoms with Crippen molar-refractivity contribution in [3.63, 3.8) is 0 Å². The van der Waals surface area contributed by atoms with E-state index in [1.54, 1.807) is 0 Å². The number of unbranched alkanes of at least 4 members (excludes halogenated alkanes) is 6. The van der Waals surface area contributed by atoms with Gasteiger partial charge in [-0.1, -0.05) is 44.9 Å². The zero-order valence-corrected chi connectivity index (χ0v) is 11.0. The first-order valence-corrected chi connectivity index (χ1v) is 6.57. The number of carbonyl (C=O) groups is 1. The second-order valence-corrected chi connectivity index (χ2v) is 4.31. The quantitative estimate of drug-likeness (QED) is 0.574. The van der Waals surface area contributed by atoms with Crippen molar-refractivity contribution in [2.75, 3.05) is 0 Å². The predicted molar refractivity (Wildman–Crippen MR) is 72.0 cm³/mol. The van der Waals surface area contributed by atoms with Gasteiger partial charge in [0.2, 0.25) is 0 Å². The second-order valence-electron chi connectivity index (χ2n) is 4.31. The summed E-state index contributed by atoms with van der Waals surface area (Å²) >= 11 is 0. The Kier molecular flexibility index (Phi) is 6.63. The Bertz CT molecular complexity index is 426. The van der Waals surface area contributed by atoms with Crippen molar-refractivity contribution < 1.29 is 4.79 Å². The summed E-state index contributed by atoms with van der Waals surface area (Å²) in [6.45, 7) is 2.21. The third-order valence-electron chi connectivity index (χ3n) is 2.74. The molecule has 4 nitrogen and oxygen atoms in total. The second kappa shape index (κ2) is 8.35. The van der Waals surface area contributed by atoms with Crippen LogP contribution in [-0.2, 0) is 0 Å². The number of amides is 1. The highest BCUT2D eigenvalue weighted by molar-refractivity contribution is 5.92. The molecule has 0 spiro atoms. The number of H-pyrrole nitrogens is 1. The standard InChI is InChI=1S/C14H21N3O/c1-2-3-4-5-6-7-8-9-10-12-13(14(15)18)17-11-16-12/h11H,2-8H2,1H3,(H2,15,18)(H,16,17). The van der Waals surface area contributed by atoms with Gasteiger partial charge in [0.05, 0.1) is 6.33 Å². The highest BCUT2D eigenvalue weighted by Gasteiger charge is 2.07. The Hall–Kier alpha value is -1.76. The smallest absolute Gasteiger partial charge is 0.270 e. The summed E-state index contributed by atoms with van der Waals surface area (Å²) in [5.74, 6) is 5.41. The minimum absolute atomic E-state index is 0.227. The molecule has 1 amide bonds. The van der Waals surface area contributed by atoms with Gasteiger partial charge in [-0.25, -0.2) is 4.98 Å². The summed E-state index contributed by atoms with van der Waals surface area (Å²) in [5, 5.41) is 0. The number of nitrogens with zero attached hydrogens (tertiary/aromatic N) is 1. The van der Waals surface area contributed by atoms with E-state index in [4.69, 9.17) is 5.73 Å². The number of nitrogens with two attached hydrogens (primary N) is 1. The van der Waals surface area contributed by atoms with Crippen molar-refractivity contribution in [2.24, 2.45) is 5.73 Å². The van der Waals surface area contributed by atoms with Crippen LogP contribution in [0.3, 0.4) is 0 Å². The average Bonchev–Trinajstić information content (AvgIpc) is 2.81. The van der Waals surface area contributed by atoms with Crippen LogP contribution >= 0.6 is 0 Å². The summed E-state index contributed by atoms with van der Waals surface area (Å²) < 4.78 is 0. The van der Waals surface area contributed by atoms with Crippen molar-refractivity contribution >= 4 is 5.91 Å². The van der Waals surface area contributed by atoms with Gasteiger partial charge in [-0.3, -0.25) is 4.79 Å². The van der Waals surface area contributed by atoms with Gasteiger partial charge in [0.25, 0.3) is 5.91 Å². The number of hydrogen-bond donors (Lipinski definition) is 2. The number of hydrogen-bond acceptors (Lipinski definition) is 2. The van der Waals surface area contributed by atoms with Crippen LogP contribution in [0.5, 0.6) is 0 Å². The highest BCUT2D eigenvalue weighted by atomic mass is 16.1. The lowest BCUT2D eigenvalue weighted by atomic mass is 10.1. The zero-order chi connectivity index (χ0) is 13.2. The molecule has 1 aromatic heterocycles. The summed E-state index contributed by atoms with van der Waals surface area (Å²) in [5.41, 5.74) is 5.92. The van der Waals surface area contributed by atoms with Crippen LogP contribution in [0.25, 0.3) is 0 Å². The summed E-state index contributed by atoms with van der Waals surface area (Å²) in [6.07, 6.45) is 9.81. The Morgan fingerprint density at radius 2 is 2.06 bits per heavy atom. The van der Waals surface area contributed by atoms with Crippen molar-refractivity contribution in [2.45, 2.75) is 51.9 Å². The SMILES string of the molecule is CCCCCCCCC#Cc1[nH]cnc1C(N)=O. The largest absolute Gasteiger partial charge is 0.364 e. The number of aromatic nitrogens is 2. The van der Waals surface area contributed by atoms with E-state index >= 15 is 0 Å². The van der Waals surface area contributed by atoms with Gasteiger partial charge in [0.15, 0.2) is 5.69 Å². The van der Waals surface area contributed by atoms with Crippen LogP contribution in [0.1, 0.15) is 68.1 Å². The Morgan fingerprint density at radius 1 is 1.33 bits per heavy atom. The highest BCUT2D eigenvalue weighted by Crippen LogP contribution is 2.06. The maximum atomic E-state index is 11.0. The molecule has 0 radical (unpaired) electrons. The molecule has 0 aliphatic carbocycles. The van der Waals surface area contributed by atoms with E-state index in [0.717, 1.165) is 12.8 Å². The van der Waals surface area contributed by atoms with Crippen molar-refractivity contribution in [1.82, 2.24) is 9.97 Å². The molecule has 4 heteroatoms. The third kappa shape index (κ3) is 5.05. The van der Waals surface area contributed by atoms with Gasteiger partial charge in [0, 0.05) is 6.42 Å². The summed E-state index contributed by atoms with van der Waals surface area (Å²) in [4.78, 5) is 17.6. The minimum Gasteiger partial charge on any atom is -0.364 e. The van der Waals surface area contributed by atoms with Crippen molar-refractivity contribution in [1.29, 1.82) is 0 Å². The first-order valence-electron chi connectivity index (χ1n) is 6.57. The van der Waals surface area contributed by atoms with E-state index in [1.165, 1.54) is 38.4 Å². The van der Waals surface area contributed by atoms with E-state index < -0.39 is 5.91 Å². The van der Waals surface area contributed by atoms with Gasteiger partial charge in [0.1, 0.15) is 5.69 Å². The third-order valence-corrected chi connectivity index (χ3v) is 2.74. The van der Waals surface area contributed by atoms with Crippen molar-refractivity contribution in [3.8, 4) is 11.8 Å². The van der Waals surface area contributed by atoms with Crippen LogP contribution in [0, 0.1) is 11.8 Å². The molecule has 0 aliphatic rings. The fourth-order valence-electron chi connectivity index (χ4n) is 1.72. The number of rotatable bonds is 7. The van der Waals surface area contributed by atoms with Gasteiger partial charge in [-0.05, 0) is 12.3 Å². The Labute approximate surface area is 108 Å². The Morgan fingerprint density at radius 3 is 2.78 bits per heavy atom. The van der Waals surface area contributed by atoms with E-state index in [0.29, 0.717) is 5.69 Å². The molecule has 1 aromatic rings. The molecule has 0 unspecified atom stereocenters.